The topological polar surface area (TPSA) is 72.9 Å². The summed E-state index contributed by atoms with van der Waals surface area (Å²) >= 11 is 0. The number of amides is 2. The third-order valence-corrected chi connectivity index (χ3v) is 4.81. The Morgan fingerprint density at radius 1 is 1.29 bits per heavy atom. The van der Waals surface area contributed by atoms with Crippen LogP contribution in [0.4, 0.5) is 0 Å². The maximum atomic E-state index is 12.4. The van der Waals surface area contributed by atoms with Crippen LogP contribution in [0.5, 0.6) is 0 Å². The van der Waals surface area contributed by atoms with Crippen LogP contribution in [-0.4, -0.2) is 66.0 Å². The highest BCUT2D eigenvalue weighted by molar-refractivity contribution is 5.82. The third-order valence-electron chi connectivity index (χ3n) is 4.81. The van der Waals surface area contributed by atoms with Crippen LogP contribution in [0.25, 0.3) is 0 Å². The van der Waals surface area contributed by atoms with Gasteiger partial charge in [0, 0.05) is 26.2 Å². The Labute approximate surface area is 142 Å². The number of benzene rings is 1. The molecule has 2 saturated heterocycles. The first-order valence-electron chi connectivity index (χ1n) is 8.59. The van der Waals surface area contributed by atoms with Crippen molar-refractivity contribution in [1.29, 1.82) is 0 Å². The van der Waals surface area contributed by atoms with Crippen molar-refractivity contribution in [3.05, 3.63) is 35.4 Å². The van der Waals surface area contributed by atoms with E-state index in [0.717, 1.165) is 38.0 Å². The van der Waals surface area contributed by atoms with Gasteiger partial charge in [-0.05, 0) is 29.9 Å². The maximum absolute atomic E-state index is 12.4. The summed E-state index contributed by atoms with van der Waals surface area (Å²) in [4.78, 5) is 27.7. The minimum atomic E-state index is -0.00267. The van der Waals surface area contributed by atoms with E-state index in [-0.39, 0.29) is 18.4 Å². The van der Waals surface area contributed by atoms with E-state index in [2.05, 4.69) is 11.4 Å². The van der Waals surface area contributed by atoms with Crippen molar-refractivity contribution >= 4 is 11.8 Å². The Morgan fingerprint density at radius 3 is 2.92 bits per heavy atom. The average molecular weight is 331 g/mol. The van der Waals surface area contributed by atoms with Crippen LogP contribution in [0.1, 0.15) is 17.5 Å². The Balaban J connectivity index is 1.49. The molecule has 0 radical (unpaired) electrons. The van der Waals surface area contributed by atoms with E-state index in [1.807, 2.05) is 28.0 Å². The number of hydrogen-bond acceptors (Lipinski definition) is 4. The zero-order chi connectivity index (χ0) is 16.9. The normalized spacial score (nSPS) is 21.8. The van der Waals surface area contributed by atoms with Gasteiger partial charge in [0.25, 0.3) is 0 Å². The second kappa shape index (κ2) is 7.77. The molecule has 2 amide bonds. The molecule has 0 saturated carbocycles. The van der Waals surface area contributed by atoms with E-state index < -0.39 is 0 Å². The molecule has 2 aliphatic rings. The Kier molecular flexibility index (Phi) is 5.48. The van der Waals surface area contributed by atoms with Crippen LogP contribution in [-0.2, 0) is 22.6 Å². The summed E-state index contributed by atoms with van der Waals surface area (Å²) in [6.45, 7) is 3.65. The lowest BCUT2D eigenvalue weighted by atomic mass is 9.97. The summed E-state index contributed by atoms with van der Waals surface area (Å²) in [6.07, 6.45) is 1.94. The molecule has 0 spiro atoms. The lowest BCUT2D eigenvalue weighted by molar-refractivity contribution is -0.133. The zero-order valence-corrected chi connectivity index (χ0v) is 13.9. The number of aliphatic hydroxyl groups is 1. The lowest BCUT2D eigenvalue weighted by Gasteiger charge is -2.27. The number of nitrogens with zero attached hydrogens (tertiary/aromatic N) is 2. The van der Waals surface area contributed by atoms with E-state index in [9.17, 15) is 14.7 Å². The third kappa shape index (κ3) is 4.33. The molecule has 2 fully saturated rings. The summed E-state index contributed by atoms with van der Waals surface area (Å²) in [6, 6.07) is 8.01. The molecule has 6 heteroatoms. The predicted octanol–water partition coefficient (Wildman–Crippen LogP) is 0.00170. The second-order valence-electron chi connectivity index (χ2n) is 6.74. The predicted molar refractivity (Wildman–Crippen MR) is 90.2 cm³/mol. The fourth-order valence-corrected chi connectivity index (χ4v) is 3.53. The van der Waals surface area contributed by atoms with E-state index in [0.29, 0.717) is 25.6 Å². The largest absolute Gasteiger partial charge is 0.392 e. The number of hydrogen-bond donors (Lipinski definition) is 2. The van der Waals surface area contributed by atoms with Crippen LogP contribution in [0.15, 0.2) is 24.3 Å². The molecular formula is C18H25N3O3. The Bertz CT molecular complexity index is 605. The second-order valence-corrected chi connectivity index (χ2v) is 6.74. The molecule has 0 bridgehead atoms. The summed E-state index contributed by atoms with van der Waals surface area (Å²) in [7, 11) is 0. The van der Waals surface area contributed by atoms with Crippen molar-refractivity contribution in [1.82, 2.24) is 15.1 Å². The van der Waals surface area contributed by atoms with Gasteiger partial charge in [-0.2, -0.15) is 0 Å². The Morgan fingerprint density at radius 2 is 2.12 bits per heavy atom. The van der Waals surface area contributed by atoms with E-state index in [4.69, 9.17) is 0 Å². The molecule has 1 unspecified atom stereocenters. The van der Waals surface area contributed by atoms with Crippen LogP contribution >= 0.6 is 0 Å². The van der Waals surface area contributed by atoms with Gasteiger partial charge in [-0.15, -0.1) is 0 Å². The number of piperazine rings is 1. The van der Waals surface area contributed by atoms with Crippen LogP contribution in [0.3, 0.4) is 0 Å². The van der Waals surface area contributed by atoms with Crippen molar-refractivity contribution < 1.29 is 14.7 Å². The molecule has 2 N–H and O–H groups in total. The molecular weight excluding hydrogens is 306 g/mol. The number of carbonyl (C=O) groups is 2. The SMILES string of the molecule is O=C1CN(CC(=O)N2CCC(Cc3cccc(CO)c3)C2)CCN1. The van der Waals surface area contributed by atoms with Crippen LogP contribution in [0, 0.1) is 5.92 Å². The van der Waals surface area contributed by atoms with Gasteiger partial charge in [-0.3, -0.25) is 14.5 Å². The van der Waals surface area contributed by atoms with E-state index in [1.54, 1.807) is 0 Å². The molecule has 24 heavy (non-hydrogen) atoms. The molecule has 2 aliphatic heterocycles. The summed E-state index contributed by atoms with van der Waals surface area (Å²) < 4.78 is 0. The Hall–Kier alpha value is -1.92. The fourth-order valence-electron chi connectivity index (χ4n) is 3.53. The monoisotopic (exact) mass is 331 g/mol. The number of carbonyl (C=O) groups excluding carboxylic acids is 2. The molecule has 0 aromatic heterocycles. The highest BCUT2D eigenvalue weighted by atomic mass is 16.3. The van der Waals surface area contributed by atoms with Gasteiger partial charge in [-0.25, -0.2) is 0 Å². The van der Waals surface area contributed by atoms with Crippen molar-refractivity contribution in [2.75, 3.05) is 39.3 Å². The molecule has 130 valence electrons. The molecule has 1 aromatic rings. The first kappa shape index (κ1) is 16.9. The van der Waals surface area contributed by atoms with Gasteiger partial charge in [0.05, 0.1) is 19.7 Å². The van der Waals surface area contributed by atoms with E-state index >= 15 is 0 Å². The highest BCUT2D eigenvalue weighted by Gasteiger charge is 2.28. The summed E-state index contributed by atoms with van der Waals surface area (Å²) in [5.74, 6) is 0.584. The number of aliphatic hydroxyl groups excluding tert-OH is 1. The first-order chi connectivity index (χ1) is 11.6. The van der Waals surface area contributed by atoms with E-state index in [1.165, 1.54) is 5.56 Å². The van der Waals surface area contributed by atoms with Gasteiger partial charge in [0.2, 0.25) is 11.8 Å². The summed E-state index contributed by atoms with van der Waals surface area (Å²) in [5.41, 5.74) is 2.15. The molecule has 6 nitrogen and oxygen atoms in total. The van der Waals surface area contributed by atoms with Crippen molar-refractivity contribution in [2.24, 2.45) is 5.92 Å². The lowest BCUT2D eigenvalue weighted by Crippen LogP contribution is -2.51. The van der Waals surface area contributed by atoms with Gasteiger partial charge >= 0.3 is 0 Å². The fraction of sp³-hybridized carbons (Fsp3) is 0.556. The number of rotatable bonds is 5. The van der Waals surface area contributed by atoms with Crippen molar-refractivity contribution in [2.45, 2.75) is 19.4 Å². The molecule has 1 atom stereocenters. The minimum absolute atomic E-state index is 0.00267. The first-order valence-corrected chi connectivity index (χ1v) is 8.59. The zero-order valence-electron chi connectivity index (χ0n) is 13.9. The summed E-state index contributed by atoms with van der Waals surface area (Å²) in [5, 5.41) is 12.0. The molecule has 1 aromatic carbocycles. The molecule has 3 rings (SSSR count). The van der Waals surface area contributed by atoms with Crippen molar-refractivity contribution in [3.8, 4) is 0 Å². The average Bonchev–Trinajstić information content (AvgIpc) is 3.04. The smallest absolute Gasteiger partial charge is 0.236 e. The van der Waals surface area contributed by atoms with Gasteiger partial charge in [-0.1, -0.05) is 24.3 Å². The molecule has 2 heterocycles. The maximum Gasteiger partial charge on any atom is 0.236 e. The number of nitrogens with one attached hydrogen (secondary N) is 1. The van der Waals surface area contributed by atoms with Gasteiger partial charge in [0.1, 0.15) is 0 Å². The van der Waals surface area contributed by atoms with Crippen LogP contribution < -0.4 is 5.32 Å². The highest BCUT2D eigenvalue weighted by Crippen LogP contribution is 2.21. The standard InChI is InChI=1S/C18H25N3O3/c22-13-16-3-1-2-14(9-16)8-15-4-6-21(10-15)18(24)12-20-7-5-19-17(23)11-20/h1-3,9,15,22H,4-8,10-13H2,(H,19,23). The van der Waals surface area contributed by atoms with Gasteiger partial charge in [0.15, 0.2) is 0 Å². The van der Waals surface area contributed by atoms with Crippen LogP contribution in [0.2, 0.25) is 0 Å². The quantitative estimate of drug-likeness (QED) is 0.797. The number of likely N-dealkylation sites (tertiary alicyclic amines) is 1. The van der Waals surface area contributed by atoms with Crippen molar-refractivity contribution in [3.63, 3.8) is 0 Å². The van der Waals surface area contributed by atoms with Gasteiger partial charge < -0.3 is 15.3 Å². The molecule has 0 aliphatic carbocycles. The minimum Gasteiger partial charge on any atom is -0.392 e.